The largest absolute Gasteiger partial charge is 0.495 e. The highest BCUT2D eigenvalue weighted by molar-refractivity contribution is 5.92. The quantitative estimate of drug-likeness (QED) is 0.463. The van der Waals surface area contributed by atoms with Gasteiger partial charge in [0.1, 0.15) is 5.75 Å². The molecule has 0 saturated carbocycles. The number of hydrogen-bond acceptors (Lipinski definition) is 2. The molecular formula is C18H27NO2. The number of nitrogens with one attached hydrogen (secondary N) is 1. The molecule has 0 aliphatic heterocycles. The summed E-state index contributed by atoms with van der Waals surface area (Å²) in [4.78, 5) is 11.9. The van der Waals surface area contributed by atoms with Crippen LogP contribution in [0.5, 0.6) is 5.75 Å². The van der Waals surface area contributed by atoms with Crippen molar-refractivity contribution in [3.05, 3.63) is 36.9 Å². The molecule has 1 rings (SSSR count). The summed E-state index contributed by atoms with van der Waals surface area (Å²) in [6.45, 7) is 3.72. The van der Waals surface area contributed by atoms with E-state index >= 15 is 0 Å². The van der Waals surface area contributed by atoms with Crippen molar-refractivity contribution in [1.29, 1.82) is 0 Å². The molecule has 0 heterocycles. The zero-order chi connectivity index (χ0) is 15.3. The molecule has 1 aromatic carbocycles. The Kier molecular flexibility index (Phi) is 9.01. The topological polar surface area (TPSA) is 38.3 Å². The third-order valence-corrected chi connectivity index (χ3v) is 3.44. The van der Waals surface area contributed by atoms with Gasteiger partial charge in [0.05, 0.1) is 12.8 Å². The van der Waals surface area contributed by atoms with Crippen LogP contribution >= 0.6 is 0 Å². The average Bonchev–Trinajstić information content (AvgIpc) is 2.50. The van der Waals surface area contributed by atoms with Crippen molar-refractivity contribution in [3.63, 3.8) is 0 Å². The number of carbonyl (C=O) groups is 1. The van der Waals surface area contributed by atoms with E-state index in [1.807, 2.05) is 30.3 Å². The second-order valence-corrected chi connectivity index (χ2v) is 5.20. The van der Waals surface area contributed by atoms with Gasteiger partial charge < -0.3 is 10.1 Å². The van der Waals surface area contributed by atoms with E-state index in [-0.39, 0.29) is 5.91 Å². The van der Waals surface area contributed by atoms with Crippen LogP contribution in [-0.2, 0) is 4.79 Å². The van der Waals surface area contributed by atoms with Crippen molar-refractivity contribution in [1.82, 2.24) is 0 Å². The van der Waals surface area contributed by atoms with Crippen LogP contribution in [0.15, 0.2) is 36.9 Å². The second kappa shape index (κ2) is 11.0. The van der Waals surface area contributed by atoms with Crippen LogP contribution in [0.25, 0.3) is 0 Å². The molecule has 116 valence electrons. The fraction of sp³-hybridized carbons (Fsp3) is 0.500. The van der Waals surface area contributed by atoms with E-state index in [9.17, 15) is 4.79 Å². The van der Waals surface area contributed by atoms with Crippen molar-refractivity contribution in [2.45, 2.75) is 51.4 Å². The highest BCUT2D eigenvalue weighted by Gasteiger charge is 2.06. The van der Waals surface area contributed by atoms with Gasteiger partial charge in [0, 0.05) is 6.42 Å². The lowest BCUT2D eigenvalue weighted by Gasteiger charge is -2.09. The minimum Gasteiger partial charge on any atom is -0.495 e. The number of unbranched alkanes of at least 4 members (excludes halogenated alkanes) is 6. The molecule has 0 fully saturated rings. The van der Waals surface area contributed by atoms with E-state index in [1.165, 1.54) is 25.7 Å². The summed E-state index contributed by atoms with van der Waals surface area (Å²) < 4.78 is 5.21. The summed E-state index contributed by atoms with van der Waals surface area (Å²) in [7, 11) is 1.61. The Morgan fingerprint density at radius 2 is 1.81 bits per heavy atom. The Balaban J connectivity index is 2.12. The number of amides is 1. The molecule has 0 radical (unpaired) electrons. The summed E-state index contributed by atoms with van der Waals surface area (Å²) in [5, 5.41) is 2.91. The SMILES string of the molecule is C=CCCCCCCCCC(=O)Nc1ccccc1OC. The fourth-order valence-corrected chi connectivity index (χ4v) is 2.24. The van der Waals surface area contributed by atoms with Crippen LogP contribution in [0.2, 0.25) is 0 Å². The third-order valence-electron chi connectivity index (χ3n) is 3.44. The van der Waals surface area contributed by atoms with Crippen molar-refractivity contribution in [2.24, 2.45) is 0 Å². The van der Waals surface area contributed by atoms with Gasteiger partial charge in [-0.15, -0.1) is 6.58 Å². The first-order chi connectivity index (χ1) is 10.3. The minimum absolute atomic E-state index is 0.0613. The first-order valence-electron chi connectivity index (χ1n) is 7.81. The molecule has 0 aliphatic carbocycles. The van der Waals surface area contributed by atoms with Gasteiger partial charge >= 0.3 is 0 Å². The maximum absolute atomic E-state index is 11.9. The van der Waals surface area contributed by atoms with E-state index in [0.29, 0.717) is 12.2 Å². The van der Waals surface area contributed by atoms with E-state index in [4.69, 9.17) is 4.74 Å². The lowest BCUT2D eigenvalue weighted by Crippen LogP contribution is -2.11. The van der Waals surface area contributed by atoms with Gasteiger partial charge in [-0.1, -0.05) is 43.9 Å². The predicted octanol–water partition coefficient (Wildman–Crippen LogP) is 4.94. The Bertz CT molecular complexity index is 429. The van der Waals surface area contributed by atoms with Crippen LogP contribution < -0.4 is 10.1 Å². The molecule has 0 unspecified atom stereocenters. The normalized spacial score (nSPS) is 10.1. The molecule has 3 nitrogen and oxygen atoms in total. The maximum atomic E-state index is 11.9. The molecule has 0 aliphatic rings. The smallest absolute Gasteiger partial charge is 0.224 e. The van der Waals surface area contributed by atoms with Gasteiger partial charge in [0.15, 0.2) is 0 Å². The first-order valence-corrected chi connectivity index (χ1v) is 7.81. The van der Waals surface area contributed by atoms with Crippen molar-refractivity contribution in [3.8, 4) is 5.75 Å². The number of para-hydroxylation sites is 2. The van der Waals surface area contributed by atoms with E-state index < -0.39 is 0 Å². The molecule has 0 aromatic heterocycles. The van der Waals surface area contributed by atoms with E-state index in [2.05, 4.69) is 11.9 Å². The van der Waals surface area contributed by atoms with Crippen LogP contribution in [0, 0.1) is 0 Å². The fourth-order valence-electron chi connectivity index (χ4n) is 2.24. The number of allylic oxidation sites excluding steroid dienone is 1. The molecule has 0 spiro atoms. The number of benzene rings is 1. The maximum Gasteiger partial charge on any atom is 0.224 e. The second-order valence-electron chi connectivity index (χ2n) is 5.20. The Labute approximate surface area is 128 Å². The third kappa shape index (κ3) is 7.54. The van der Waals surface area contributed by atoms with Crippen molar-refractivity contribution < 1.29 is 9.53 Å². The first kappa shape index (κ1) is 17.3. The summed E-state index contributed by atoms with van der Waals surface area (Å²) in [6.07, 6.45) is 10.7. The Morgan fingerprint density at radius 1 is 1.14 bits per heavy atom. The highest BCUT2D eigenvalue weighted by Crippen LogP contribution is 2.23. The number of ether oxygens (including phenoxy) is 1. The van der Waals surface area contributed by atoms with Crippen LogP contribution in [-0.4, -0.2) is 13.0 Å². The lowest BCUT2D eigenvalue weighted by atomic mass is 10.1. The minimum atomic E-state index is 0.0613. The Hall–Kier alpha value is -1.77. The summed E-state index contributed by atoms with van der Waals surface area (Å²) in [5.41, 5.74) is 0.745. The van der Waals surface area contributed by atoms with Crippen LogP contribution in [0.4, 0.5) is 5.69 Å². The highest BCUT2D eigenvalue weighted by atomic mass is 16.5. The molecule has 3 heteroatoms. The number of hydrogen-bond donors (Lipinski definition) is 1. The van der Waals surface area contributed by atoms with Gasteiger partial charge in [0.25, 0.3) is 0 Å². The van der Waals surface area contributed by atoms with Crippen LogP contribution in [0.3, 0.4) is 0 Å². The molecule has 0 bridgehead atoms. The lowest BCUT2D eigenvalue weighted by molar-refractivity contribution is -0.116. The number of carbonyl (C=O) groups excluding carboxylic acids is 1. The van der Waals surface area contributed by atoms with Crippen molar-refractivity contribution in [2.75, 3.05) is 12.4 Å². The Morgan fingerprint density at radius 3 is 2.52 bits per heavy atom. The van der Waals surface area contributed by atoms with E-state index in [1.54, 1.807) is 7.11 Å². The van der Waals surface area contributed by atoms with Gasteiger partial charge in [-0.3, -0.25) is 4.79 Å². The predicted molar refractivity (Wildman–Crippen MR) is 88.8 cm³/mol. The van der Waals surface area contributed by atoms with Crippen LogP contribution in [0.1, 0.15) is 51.4 Å². The zero-order valence-electron chi connectivity index (χ0n) is 13.1. The summed E-state index contributed by atoms with van der Waals surface area (Å²) in [6, 6.07) is 7.48. The van der Waals surface area contributed by atoms with Gasteiger partial charge in [0.2, 0.25) is 5.91 Å². The van der Waals surface area contributed by atoms with Crippen molar-refractivity contribution >= 4 is 11.6 Å². The molecular weight excluding hydrogens is 262 g/mol. The van der Waals surface area contributed by atoms with Gasteiger partial charge in [-0.2, -0.15) is 0 Å². The number of rotatable bonds is 11. The monoisotopic (exact) mass is 289 g/mol. The standard InChI is InChI=1S/C18H27NO2/c1-3-4-5-6-7-8-9-10-15-18(20)19-16-13-11-12-14-17(16)21-2/h3,11-14H,1,4-10,15H2,2H3,(H,19,20). The van der Waals surface area contributed by atoms with Gasteiger partial charge in [-0.25, -0.2) is 0 Å². The molecule has 0 atom stereocenters. The molecule has 1 amide bonds. The number of anilines is 1. The average molecular weight is 289 g/mol. The molecule has 21 heavy (non-hydrogen) atoms. The summed E-state index contributed by atoms with van der Waals surface area (Å²) >= 11 is 0. The molecule has 1 N–H and O–H groups in total. The number of methoxy groups -OCH3 is 1. The summed E-state index contributed by atoms with van der Waals surface area (Å²) in [5.74, 6) is 0.763. The van der Waals surface area contributed by atoms with Gasteiger partial charge in [-0.05, 0) is 31.4 Å². The molecule has 1 aromatic rings. The molecule has 0 saturated heterocycles. The zero-order valence-corrected chi connectivity index (χ0v) is 13.1. The van der Waals surface area contributed by atoms with E-state index in [0.717, 1.165) is 24.9 Å².